The largest absolute Gasteiger partial charge is 0.476 e. The Kier molecular flexibility index (Phi) is 5.61. The number of benzene rings is 3. The molecule has 0 spiro atoms. The maximum atomic E-state index is 11.9. The van der Waals surface area contributed by atoms with Gasteiger partial charge in [-0.25, -0.2) is 4.79 Å². The summed E-state index contributed by atoms with van der Waals surface area (Å²) in [5.41, 5.74) is 13.6. The lowest BCUT2D eigenvalue weighted by atomic mass is 9.94. The van der Waals surface area contributed by atoms with Crippen LogP contribution in [0.15, 0.2) is 65.8 Å². The number of carboxylic acids is 1. The quantitative estimate of drug-likeness (QED) is 0.344. The predicted molar refractivity (Wildman–Crippen MR) is 115 cm³/mol. The van der Waals surface area contributed by atoms with E-state index < -0.39 is 5.97 Å². The Labute approximate surface area is 168 Å². The summed E-state index contributed by atoms with van der Waals surface area (Å²) in [4.78, 5) is 11.9. The van der Waals surface area contributed by atoms with Crippen LogP contribution in [0.2, 0.25) is 0 Å². The Morgan fingerprint density at radius 3 is 2.17 bits per heavy atom. The van der Waals surface area contributed by atoms with Crippen LogP contribution in [0.1, 0.15) is 22.3 Å². The van der Waals surface area contributed by atoms with Crippen LogP contribution >= 0.6 is 0 Å². The highest BCUT2D eigenvalue weighted by Crippen LogP contribution is 2.30. The standard InChI is InChI=1S/C23H20N4O2/c1-14-3-7-16(8-4-14)19-11-17(12-21(25)20(19)13-24)22(23(28)29)27-26-18-9-5-15(2)6-10-18/h3-12,26H,25H2,1-2H3,(H,28,29)/b27-22+. The van der Waals surface area contributed by atoms with E-state index in [1.54, 1.807) is 6.07 Å². The summed E-state index contributed by atoms with van der Waals surface area (Å²) in [6.07, 6.45) is 0. The first-order chi connectivity index (χ1) is 13.9. The number of hydrogen-bond donors (Lipinski definition) is 3. The molecule has 0 amide bonds. The van der Waals surface area contributed by atoms with Crippen LogP contribution in [0.4, 0.5) is 11.4 Å². The second-order valence-electron chi connectivity index (χ2n) is 6.71. The summed E-state index contributed by atoms with van der Waals surface area (Å²) in [5, 5.41) is 23.3. The van der Waals surface area contributed by atoms with Crippen molar-refractivity contribution in [2.45, 2.75) is 13.8 Å². The molecule has 0 atom stereocenters. The Balaban J connectivity index is 2.08. The minimum Gasteiger partial charge on any atom is -0.476 e. The van der Waals surface area contributed by atoms with Gasteiger partial charge in [0.05, 0.1) is 16.9 Å². The fourth-order valence-electron chi connectivity index (χ4n) is 2.87. The zero-order chi connectivity index (χ0) is 21.0. The van der Waals surface area contributed by atoms with Crippen LogP contribution in [0.3, 0.4) is 0 Å². The Hall–Kier alpha value is -4.11. The molecule has 6 nitrogen and oxygen atoms in total. The Morgan fingerprint density at radius 1 is 1.03 bits per heavy atom. The van der Waals surface area contributed by atoms with E-state index in [9.17, 15) is 15.2 Å². The molecular formula is C23H20N4O2. The van der Waals surface area contributed by atoms with E-state index in [1.165, 1.54) is 6.07 Å². The first-order valence-electron chi connectivity index (χ1n) is 8.93. The van der Waals surface area contributed by atoms with Crippen molar-refractivity contribution in [3.63, 3.8) is 0 Å². The van der Waals surface area contributed by atoms with Gasteiger partial charge in [0.1, 0.15) is 6.07 Å². The van der Waals surface area contributed by atoms with Gasteiger partial charge in [0.2, 0.25) is 0 Å². The zero-order valence-corrected chi connectivity index (χ0v) is 16.1. The number of aliphatic carboxylic acids is 1. The molecule has 0 heterocycles. The summed E-state index contributed by atoms with van der Waals surface area (Å²) in [6, 6.07) is 20.2. The van der Waals surface area contributed by atoms with Gasteiger partial charge in [-0.1, -0.05) is 47.5 Å². The number of hydrazone groups is 1. The first-order valence-corrected chi connectivity index (χ1v) is 8.93. The molecule has 0 saturated carbocycles. The van der Waals surface area contributed by atoms with Gasteiger partial charge in [0.15, 0.2) is 5.71 Å². The summed E-state index contributed by atoms with van der Waals surface area (Å²) < 4.78 is 0. The van der Waals surface area contributed by atoms with Crippen LogP contribution in [0, 0.1) is 25.2 Å². The van der Waals surface area contributed by atoms with Crippen molar-refractivity contribution < 1.29 is 9.90 Å². The third kappa shape index (κ3) is 4.42. The smallest absolute Gasteiger partial charge is 0.356 e. The van der Waals surface area contributed by atoms with Crippen LogP contribution < -0.4 is 11.2 Å². The summed E-state index contributed by atoms with van der Waals surface area (Å²) in [6.45, 7) is 3.92. The minimum atomic E-state index is -1.21. The van der Waals surface area contributed by atoms with Crippen LogP contribution in [-0.2, 0) is 4.79 Å². The van der Waals surface area contributed by atoms with Gasteiger partial charge < -0.3 is 10.8 Å². The van der Waals surface area contributed by atoms with E-state index in [0.29, 0.717) is 22.4 Å². The van der Waals surface area contributed by atoms with Gasteiger partial charge >= 0.3 is 5.97 Å². The third-order valence-electron chi connectivity index (χ3n) is 4.47. The number of carboxylic acid groups (broad SMARTS) is 1. The monoisotopic (exact) mass is 384 g/mol. The molecule has 0 unspecified atom stereocenters. The number of rotatable bonds is 5. The second kappa shape index (κ2) is 8.28. The fraction of sp³-hybridized carbons (Fsp3) is 0.0870. The maximum absolute atomic E-state index is 11.9. The molecule has 3 aromatic rings. The van der Waals surface area contributed by atoms with Crippen molar-refractivity contribution in [1.82, 2.24) is 0 Å². The van der Waals surface area contributed by atoms with Crippen LogP contribution in [0.25, 0.3) is 11.1 Å². The molecule has 6 heteroatoms. The van der Waals surface area contributed by atoms with E-state index in [0.717, 1.165) is 16.7 Å². The van der Waals surface area contributed by atoms with Crippen molar-refractivity contribution in [2.24, 2.45) is 5.10 Å². The van der Waals surface area contributed by atoms with Gasteiger partial charge in [-0.3, -0.25) is 5.43 Å². The van der Waals surface area contributed by atoms with Gasteiger partial charge in [-0.15, -0.1) is 0 Å². The van der Waals surface area contributed by atoms with Gasteiger partial charge in [-0.05, 0) is 43.7 Å². The van der Waals surface area contributed by atoms with Crippen molar-refractivity contribution in [3.05, 3.63) is 82.9 Å². The van der Waals surface area contributed by atoms with Gasteiger partial charge in [0, 0.05) is 11.1 Å². The highest BCUT2D eigenvalue weighted by molar-refractivity contribution is 6.43. The molecule has 0 aromatic heterocycles. The molecule has 0 saturated heterocycles. The first kappa shape index (κ1) is 19.6. The Morgan fingerprint density at radius 2 is 1.62 bits per heavy atom. The predicted octanol–water partition coefficient (Wildman–Crippen LogP) is 4.33. The van der Waals surface area contributed by atoms with Crippen molar-refractivity contribution in [1.29, 1.82) is 5.26 Å². The van der Waals surface area contributed by atoms with Crippen molar-refractivity contribution >= 4 is 23.1 Å². The zero-order valence-electron chi connectivity index (χ0n) is 16.1. The highest BCUT2D eigenvalue weighted by Gasteiger charge is 2.18. The van der Waals surface area contributed by atoms with Gasteiger partial charge in [0.25, 0.3) is 0 Å². The Bertz CT molecular complexity index is 1130. The minimum absolute atomic E-state index is 0.199. The molecule has 4 N–H and O–H groups in total. The number of carbonyl (C=O) groups is 1. The molecule has 29 heavy (non-hydrogen) atoms. The number of anilines is 2. The van der Waals surface area contributed by atoms with Crippen molar-refractivity contribution in [2.75, 3.05) is 11.2 Å². The SMILES string of the molecule is Cc1ccc(N/N=C(/C(=O)O)c2cc(N)c(C#N)c(-c3ccc(C)cc3)c2)cc1. The third-order valence-corrected chi connectivity index (χ3v) is 4.47. The lowest BCUT2D eigenvalue weighted by Gasteiger charge is -2.12. The number of nitriles is 1. The van der Waals surface area contributed by atoms with Crippen molar-refractivity contribution in [3.8, 4) is 17.2 Å². The fourth-order valence-corrected chi connectivity index (χ4v) is 2.87. The number of aryl methyl sites for hydroxylation is 2. The average molecular weight is 384 g/mol. The summed E-state index contributed by atoms with van der Waals surface area (Å²) in [7, 11) is 0. The molecule has 144 valence electrons. The molecule has 3 rings (SSSR count). The molecule has 0 bridgehead atoms. The van der Waals surface area contributed by atoms with E-state index in [1.807, 2.05) is 62.4 Å². The van der Waals surface area contributed by atoms with Crippen LogP contribution in [-0.4, -0.2) is 16.8 Å². The molecule has 0 aliphatic carbocycles. The summed E-state index contributed by atoms with van der Waals surface area (Å²) >= 11 is 0. The molecule has 0 aliphatic rings. The molecule has 0 radical (unpaired) electrons. The number of hydrogen-bond acceptors (Lipinski definition) is 5. The number of nitrogens with two attached hydrogens (primary N) is 1. The number of nitrogens with zero attached hydrogens (tertiary/aromatic N) is 2. The lowest BCUT2D eigenvalue weighted by Crippen LogP contribution is -2.17. The molecule has 0 fully saturated rings. The number of nitrogens with one attached hydrogen (secondary N) is 1. The summed E-state index contributed by atoms with van der Waals surface area (Å²) in [5.74, 6) is -1.21. The lowest BCUT2D eigenvalue weighted by molar-refractivity contribution is -0.129. The number of nitrogen functional groups attached to an aromatic ring is 1. The van der Waals surface area contributed by atoms with Gasteiger partial charge in [-0.2, -0.15) is 10.4 Å². The molecule has 0 aliphatic heterocycles. The maximum Gasteiger partial charge on any atom is 0.356 e. The normalized spacial score (nSPS) is 11.0. The van der Waals surface area contributed by atoms with E-state index in [2.05, 4.69) is 16.6 Å². The van der Waals surface area contributed by atoms with Crippen LogP contribution in [0.5, 0.6) is 0 Å². The average Bonchev–Trinajstić information content (AvgIpc) is 2.69. The topological polar surface area (TPSA) is 112 Å². The van der Waals surface area contributed by atoms with E-state index in [4.69, 9.17) is 5.73 Å². The van der Waals surface area contributed by atoms with E-state index in [-0.39, 0.29) is 11.4 Å². The highest BCUT2D eigenvalue weighted by atomic mass is 16.4. The molecular weight excluding hydrogens is 364 g/mol. The molecule has 3 aromatic carbocycles. The second-order valence-corrected chi connectivity index (χ2v) is 6.71. The van der Waals surface area contributed by atoms with E-state index >= 15 is 0 Å².